The van der Waals surface area contributed by atoms with Crippen molar-refractivity contribution in [3.63, 3.8) is 0 Å². The summed E-state index contributed by atoms with van der Waals surface area (Å²) in [5, 5.41) is 3.32. The summed E-state index contributed by atoms with van der Waals surface area (Å²) in [6, 6.07) is 5.43. The quantitative estimate of drug-likeness (QED) is 0.836. The molecule has 1 aromatic carbocycles. The van der Waals surface area contributed by atoms with Gasteiger partial charge in [0.15, 0.2) is 17.3 Å². The second kappa shape index (κ2) is 5.81. The summed E-state index contributed by atoms with van der Waals surface area (Å²) in [6.45, 7) is 7.08. The summed E-state index contributed by atoms with van der Waals surface area (Å²) in [7, 11) is 0. The Hall–Kier alpha value is -1.59. The van der Waals surface area contributed by atoms with E-state index >= 15 is 0 Å². The number of carbonyl (C=O) groups excluding carboxylic acids is 1. The van der Waals surface area contributed by atoms with Crippen molar-refractivity contribution in [2.75, 3.05) is 39.5 Å². The zero-order valence-electron chi connectivity index (χ0n) is 11.7. The van der Waals surface area contributed by atoms with Crippen LogP contribution in [-0.2, 0) is 0 Å². The number of fused-ring (bicyclic) bond motifs is 1. The molecule has 5 nitrogen and oxygen atoms in total. The molecular formula is C15H20N2O3. The van der Waals surface area contributed by atoms with E-state index in [-0.39, 0.29) is 18.5 Å². The smallest absolute Gasteiger partial charge is 0.231 e. The molecule has 1 N–H and O–H groups in total. The molecule has 0 aromatic heterocycles. The Morgan fingerprint density at radius 1 is 1.30 bits per heavy atom. The lowest BCUT2D eigenvalue weighted by Crippen LogP contribution is -2.45. The molecule has 3 rings (SSSR count). The molecule has 1 unspecified atom stereocenters. The van der Waals surface area contributed by atoms with Gasteiger partial charge >= 0.3 is 0 Å². The van der Waals surface area contributed by atoms with Gasteiger partial charge in [0.1, 0.15) is 0 Å². The van der Waals surface area contributed by atoms with Crippen LogP contribution in [0.5, 0.6) is 11.5 Å². The minimum atomic E-state index is -0.00604. The fourth-order valence-corrected chi connectivity index (χ4v) is 2.70. The van der Waals surface area contributed by atoms with Gasteiger partial charge in [-0.15, -0.1) is 0 Å². The maximum Gasteiger partial charge on any atom is 0.231 e. The normalized spacial score (nSPS) is 19.9. The third-order valence-electron chi connectivity index (χ3n) is 3.85. The van der Waals surface area contributed by atoms with E-state index in [4.69, 9.17) is 9.47 Å². The van der Waals surface area contributed by atoms with Gasteiger partial charge in [-0.2, -0.15) is 0 Å². The molecule has 1 atom stereocenters. The first-order chi connectivity index (χ1) is 9.74. The molecular weight excluding hydrogens is 256 g/mol. The number of nitrogens with one attached hydrogen (secondary N) is 1. The van der Waals surface area contributed by atoms with Crippen LogP contribution in [0.25, 0.3) is 0 Å². The van der Waals surface area contributed by atoms with Crippen LogP contribution in [0.15, 0.2) is 18.2 Å². The molecule has 1 saturated heterocycles. The zero-order valence-corrected chi connectivity index (χ0v) is 11.7. The summed E-state index contributed by atoms with van der Waals surface area (Å²) in [5.74, 6) is 1.55. The van der Waals surface area contributed by atoms with Gasteiger partial charge in [-0.25, -0.2) is 0 Å². The molecule has 0 amide bonds. The number of carbonyl (C=O) groups is 1. The first-order valence-corrected chi connectivity index (χ1v) is 7.11. The Bertz CT molecular complexity index is 498. The van der Waals surface area contributed by atoms with E-state index in [1.165, 1.54) is 0 Å². The Kier molecular flexibility index (Phi) is 3.89. The molecule has 1 fully saturated rings. The van der Waals surface area contributed by atoms with Crippen molar-refractivity contribution in [3.8, 4) is 11.5 Å². The lowest BCUT2D eigenvalue weighted by molar-refractivity contribution is 0.0887. The van der Waals surface area contributed by atoms with Crippen LogP contribution < -0.4 is 14.8 Å². The summed E-state index contributed by atoms with van der Waals surface area (Å²) in [5.41, 5.74) is 0.705. The Morgan fingerprint density at radius 3 is 2.85 bits per heavy atom. The number of piperazine rings is 1. The maximum atomic E-state index is 12.5. The standard InChI is InChI=1S/C15H20N2O3/c1-11(9-17-6-4-16-5-7-17)15(18)12-2-3-13-14(8-12)20-10-19-13/h2-3,8,11,16H,4-7,9-10H2,1H3. The van der Waals surface area contributed by atoms with Crippen LogP contribution in [0.4, 0.5) is 0 Å². The fourth-order valence-electron chi connectivity index (χ4n) is 2.70. The number of hydrogen-bond acceptors (Lipinski definition) is 5. The predicted octanol–water partition coefficient (Wildman–Crippen LogP) is 1.14. The van der Waals surface area contributed by atoms with Gasteiger partial charge in [-0.1, -0.05) is 6.92 Å². The summed E-state index contributed by atoms with van der Waals surface area (Å²) in [6.07, 6.45) is 0. The minimum Gasteiger partial charge on any atom is -0.454 e. The minimum absolute atomic E-state index is 0.00604. The highest BCUT2D eigenvalue weighted by Gasteiger charge is 2.22. The highest BCUT2D eigenvalue weighted by atomic mass is 16.7. The molecule has 1 aromatic rings. The van der Waals surface area contributed by atoms with E-state index in [0.717, 1.165) is 38.5 Å². The first kappa shape index (κ1) is 13.4. The van der Waals surface area contributed by atoms with Gasteiger partial charge in [0.2, 0.25) is 6.79 Å². The average Bonchev–Trinajstić information content (AvgIpc) is 2.94. The lowest BCUT2D eigenvalue weighted by atomic mass is 9.98. The number of hydrogen-bond donors (Lipinski definition) is 1. The third kappa shape index (κ3) is 2.78. The van der Waals surface area contributed by atoms with Crippen LogP contribution in [0.3, 0.4) is 0 Å². The Morgan fingerprint density at radius 2 is 2.05 bits per heavy atom. The van der Waals surface area contributed by atoms with Gasteiger partial charge in [0.05, 0.1) is 0 Å². The van der Waals surface area contributed by atoms with Gasteiger partial charge in [0.25, 0.3) is 0 Å². The largest absolute Gasteiger partial charge is 0.454 e. The second-order valence-corrected chi connectivity index (χ2v) is 5.38. The Labute approximate surface area is 118 Å². The van der Waals surface area contributed by atoms with Crippen molar-refractivity contribution in [2.24, 2.45) is 5.92 Å². The van der Waals surface area contributed by atoms with Crippen molar-refractivity contribution in [1.82, 2.24) is 10.2 Å². The number of benzene rings is 1. The van der Waals surface area contributed by atoms with E-state index in [2.05, 4.69) is 10.2 Å². The number of ketones is 1. The molecule has 2 aliphatic heterocycles. The van der Waals surface area contributed by atoms with Crippen molar-refractivity contribution < 1.29 is 14.3 Å². The molecule has 0 aliphatic carbocycles. The average molecular weight is 276 g/mol. The number of Topliss-reactive ketones (excluding diaryl/α,β-unsaturated/α-hetero) is 1. The molecule has 2 heterocycles. The third-order valence-corrected chi connectivity index (χ3v) is 3.85. The molecule has 108 valence electrons. The monoisotopic (exact) mass is 276 g/mol. The summed E-state index contributed by atoms with van der Waals surface area (Å²) >= 11 is 0. The SMILES string of the molecule is CC(CN1CCNCC1)C(=O)c1ccc2c(c1)OCO2. The summed E-state index contributed by atoms with van der Waals surface area (Å²) < 4.78 is 10.6. The zero-order chi connectivity index (χ0) is 13.9. The van der Waals surface area contributed by atoms with E-state index in [1.807, 2.05) is 19.1 Å². The highest BCUT2D eigenvalue weighted by Crippen LogP contribution is 2.33. The predicted molar refractivity (Wildman–Crippen MR) is 75.4 cm³/mol. The van der Waals surface area contributed by atoms with Gasteiger partial charge in [0, 0.05) is 44.2 Å². The van der Waals surface area contributed by atoms with Crippen molar-refractivity contribution in [1.29, 1.82) is 0 Å². The van der Waals surface area contributed by atoms with Crippen molar-refractivity contribution in [2.45, 2.75) is 6.92 Å². The lowest BCUT2D eigenvalue weighted by Gasteiger charge is -2.29. The van der Waals surface area contributed by atoms with E-state index in [1.54, 1.807) is 6.07 Å². The van der Waals surface area contributed by atoms with Gasteiger partial charge in [-0.05, 0) is 18.2 Å². The van der Waals surface area contributed by atoms with Gasteiger partial charge < -0.3 is 19.7 Å². The molecule has 0 bridgehead atoms. The number of nitrogens with zero attached hydrogens (tertiary/aromatic N) is 1. The molecule has 0 radical (unpaired) electrons. The molecule has 0 spiro atoms. The van der Waals surface area contributed by atoms with Crippen LogP contribution in [0.2, 0.25) is 0 Å². The molecule has 2 aliphatic rings. The van der Waals surface area contributed by atoms with E-state index in [0.29, 0.717) is 11.3 Å². The first-order valence-electron chi connectivity index (χ1n) is 7.11. The van der Waals surface area contributed by atoms with E-state index in [9.17, 15) is 4.79 Å². The Balaban J connectivity index is 1.65. The molecule has 5 heteroatoms. The van der Waals surface area contributed by atoms with Crippen LogP contribution in [-0.4, -0.2) is 50.2 Å². The van der Waals surface area contributed by atoms with E-state index < -0.39 is 0 Å². The second-order valence-electron chi connectivity index (χ2n) is 5.38. The number of rotatable bonds is 4. The highest BCUT2D eigenvalue weighted by molar-refractivity contribution is 5.98. The summed E-state index contributed by atoms with van der Waals surface area (Å²) in [4.78, 5) is 14.8. The van der Waals surface area contributed by atoms with Gasteiger partial charge in [-0.3, -0.25) is 4.79 Å². The van der Waals surface area contributed by atoms with Crippen molar-refractivity contribution in [3.05, 3.63) is 23.8 Å². The molecule has 20 heavy (non-hydrogen) atoms. The molecule has 0 saturated carbocycles. The van der Waals surface area contributed by atoms with Crippen LogP contribution in [0, 0.1) is 5.92 Å². The van der Waals surface area contributed by atoms with Crippen LogP contribution >= 0.6 is 0 Å². The number of ether oxygens (including phenoxy) is 2. The fraction of sp³-hybridized carbons (Fsp3) is 0.533. The van der Waals surface area contributed by atoms with Crippen LogP contribution in [0.1, 0.15) is 17.3 Å². The van der Waals surface area contributed by atoms with Crippen molar-refractivity contribution >= 4 is 5.78 Å². The maximum absolute atomic E-state index is 12.5. The topological polar surface area (TPSA) is 50.8 Å².